The number of aliphatic hydroxyl groups excluding tert-OH is 1. The largest absolute Gasteiger partial charge is 0.481 e. The SMILES string of the molecule is C[C@@H]1CC(CNCCCC(=O)O)OC2[C@H]1[C@@]1(C)CC[C@@]34C[C@@]35CC[C@H](O[C@H]3CN(C(=O)CC6CC6)CCO3)C(C)(C)[C@@H]5CCC4[C@]1(C)[C@H]2O. The molecular formula is C40H64N2O7. The van der Waals surface area contributed by atoms with Crippen molar-refractivity contribution in [3.8, 4) is 0 Å². The zero-order chi connectivity index (χ0) is 34.6. The lowest BCUT2D eigenvalue weighted by atomic mass is 9.41. The normalized spacial score (nSPS) is 49.6. The van der Waals surface area contributed by atoms with Crippen LogP contribution in [0.25, 0.3) is 0 Å². The number of carboxylic acid groups (broad SMARTS) is 1. The highest BCUT2D eigenvalue weighted by Crippen LogP contribution is 2.89. The predicted octanol–water partition coefficient (Wildman–Crippen LogP) is 5.62. The second kappa shape index (κ2) is 12.1. The van der Waals surface area contributed by atoms with Crippen LogP contribution in [-0.2, 0) is 23.8 Å². The summed E-state index contributed by atoms with van der Waals surface area (Å²) >= 11 is 0. The third-order valence-electron chi connectivity index (χ3n) is 16.8. The summed E-state index contributed by atoms with van der Waals surface area (Å²) in [6.07, 6.45) is 12.4. The Bertz CT molecular complexity index is 1300. The van der Waals surface area contributed by atoms with Crippen LogP contribution in [0, 0.1) is 56.7 Å². The monoisotopic (exact) mass is 684 g/mol. The fourth-order valence-corrected chi connectivity index (χ4v) is 14.2. The summed E-state index contributed by atoms with van der Waals surface area (Å²) in [7, 11) is 0. The van der Waals surface area contributed by atoms with Gasteiger partial charge in [-0.3, -0.25) is 9.59 Å². The van der Waals surface area contributed by atoms with E-state index in [4.69, 9.17) is 19.3 Å². The van der Waals surface area contributed by atoms with E-state index in [0.717, 1.165) is 19.3 Å². The first-order valence-electron chi connectivity index (χ1n) is 20.1. The summed E-state index contributed by atoms with van der Waals surface area (Å²) in [5.74, 6) is 2.03. The van der Waals surface area contributed by atoms with E-state index < -0.39 is 12.1 Å². The van der Waals surface area contributed by atoms with Gasteiger partial charge in [0.2, 0.25) is 5.91 Å². The number of hydrogen-bond acceptors (Lipinski definition) is 7. The van der Waals surface area contributed by atoms with Gasteiger partial charge in [-0.25, -0.2) is 0 Å². The highest BCUT2D eigenvalue weighted by molar-refractivity contribution is 5.76. The van der Waals surface area contributed by atoms with E-state index in [9.17, 15) is 14.7 Å². The number of carbonyl (C=O) groups is 2. The average molecular weight is 685 g/mol. The van der Waals surface area contributed by atoms with Crippen molar-refractivity contribution in [2.75, 3.05) is 32.8 Å². The van der Waals surface area contributed by atoms with Gasteiger partial charge in [-0.05, 0) is 128 Å². The lowest BCUT2D eigenvalue weighted by Crippen LogP contribution is -2.60. The van der Waals surface area contributed by atoms with E-state index in [1.807, 2.05) is 4.90 Å². The number of hydrogen-bond donors (Lipinski definition) is 3. The number of nitrogens with one attached hydrogen (secondary N) is 1. The van der Waals surface area contributed by atoms with Gasteiger partial charge in [0.25, 0.3) is 0 Å². The van der Waals surface area contributed by atoms with E-state index >= 15 is 0 Å². The second-order valence-electron chi connectivity index (χ2n) is 19.3. The van der Waals surface area contributed by atoms with Gasteiger partial charge in [0.1, 0.15) is 0 Å². The minimum absolute atomic E-state index is 0.0165. The third-order valence-corrected chi connectivity index (χ3v) is 16.8. The van der Waals surface area contributed by atoms with Gasteiger partial charge < -0.3 is 34.6 Å². The molecule has 0 bridgehead atoms. The molecule has 0 aromatic rings. The molecule has 8 fully saturated rings. The molecule has 13 atom stereocenters. The Morgan fingerprint density at radius 1 is 1.00 bits per heavy atom. The number of amides is 1. The number of aliphatic carboxylic acids is 1. The summed E-state index contributed by atoms with van der Waals surface area (Å²) in [5.41, 5.74) is 0.494. The molecule has 2 spiro atoms. The molecule has 3 N–H and O–H groups in total. The maximum absolute atomic E-state index is 12.9. The van der Waals surface area contributed by atoms with Crippen LogP contribution < -0.4 is 5.32 Å². The van der Waals surface area contributed by atoms with Crippen molar-refractivity contribution < 1.29 is 34.0 Å². The zero-order valence-corrected chi connectivity index (χ0v) is 30.9. The number of carbonyl (C=O) groups excluding carboxylic acids is 1. The number of carboxylic acids is 1. The molecule has 3 unspecified atom stereocenters. The number of nitrogens with zero attached hydrogens (tertiary/aromatic N) is 1. The van der Waals surface area contributed by atoms with Crippen molar-refractivity contribution in [3.63, 3.8) is 0 Å². The van der Waals surface area contributed by atoms with Gasteiger partial charge in [-0.1, -0.05) is 34.6 Å². The highest BCUT2D eigenvalue weighted by atomic mass is 16.7. The summed E-state index contributed by atoms with van der Waals surface area (Å²) in [6, 6.07) is 0. The average Bonchev–Trinajstić information content (AvgIpc) is 3.97. The summed E-state index contributed by atoms with van der Waals surface area (Å²) < 4.78 is 19.8. The molecule has 0 aromatic heterocycles. The van der Waals surface area contributed by atoms with Crippen LogP contribution in [0.5, 0.6) is 0 Å². The maximum atomic E-state index is 12.9. The first kappa shape index (κ1) is 34.8. The van der Waals surface area contributed by atoms with Gasteiger partial charge in [0, 0.05) is 31.3 Å². The topological polar surface area (TPSA) is 118 Å². The quantitative estimate of drug-likeness (QED) is 0.254. The molecule has 8 aliphatic rings. The van der Waals surface area contributed by atoms with Crippen molar-refractivity contribution in [3.05, 3.63) is 0 Å². The molecule has 1 amide bonds. The van der Waals surface area contributed by atoms with Gasteiger partial charge >= 0.3 is 5.97 Å². The van der Waals surface area contributed by atoms with Crippen molar-refractivity contribution in [1.29, 1.82) is 0 Å². The number of rotatable bonds is 10. The third kappa shape index (κ3) is 5.23. The van der Waals surface area contributed by atoms with Crippen LogP contribution in [0.1, 0.15) is 118 Å². The van der Waals surface area contributed by atoms with Crippen molar-refractivity contribution in [2.24, 2.45) is 56.7 Å². The van der Waals surface area contributed by atoms with E-state index in [-0.39, 0.29) is 53.2 Å². The van der Waals surface area contributed by atoms with Crippen LogP contribution in [0.3, 0.4) is 0 Å². The standard InChI is InChI=1S/C40H64N2O7/c1-24-19-26(21-41-16-6-7-31(44)45)48-34-33(24)37(4)14-15-40-23-39(40)13-12-29(36(2,3)27(39)10-11-28(40)38(37,5)35(34)46)49-32-22-42(17-18-47-32)30(43)20-25-8-9-25/h24-29,32-35,41,46H,6-23H2,1-5H3,(H,44,45)/t24-,26?,27+,28?,29+,32+,33+,34?,35+,37-,38-,39-,40+/m1/s1. The van der Waals surface area contributed by atoms with Gasteiger partial charge in [-0.15, -0.1) is 0 Å². The molecule has 6 aliphatic carbocycles. The molecule has 0 aromatic carbocycles. The fraction of sp³-hybridized carbons (Fsp3) is 0.950. The molecule has 49 heavy (non-hydrogen) atoms. The Morgan fingerprint density at radius 2 is 1.76 bits per heavy atom. The van der Waals surface area contributed by atoms with E-state index in [2.05, 4.69) is 39.9 Å². The number of morpholine rings is 1. The Labute approximate surface area is 293 Å². The number of ether oxygens (including phenoxy) is 3. The van der Waals surface area contributed by atoms with Crippen LogP contribution in [0.4, 0.5) is 0 Å². The second-order valence-corrected chi connectivity index (χ2v) is 19.3. The molecule has 2 heterocycles. The molecular weight excluding hydrogens is 620 g/mol. The van der Waals surface area contributed by atoms with Crippen molar-refractivity contribution in [2.45, 2.75) is 149 Å². The van der Waals surface area contributed by atoms with E-state index in [1.165, 1.54) is 44.9 Å². The molecule has 9 nitrogen and oxygen atoms in total. The molecule has 6 saturated carbocycles. The highest BCUT2D eigenvalue weighted by Gasteiger charge is 2.84. The van der Waals surface area contributed by atoms with Gasteiger partial charge in [0.15, 0.2) is 6.29 Å². The lowest BCUT2D eigenvalue weighted by Gasteiger charge is -2.64. The molecule has 9 heteroatoms. The Balaban J connectivity index is 0.956. The Kier molecular flexibility index (Phi) is 8.63. The number of fused-ring (bicyclic) bond motifs is 4. The van der Waals surface area contributed by atoms with Crippen molar-refractivity contribution >= 4 is 11.9 Å². The Hall–Kier alpha value is -1.26. The van der Waals surface area contributed by atoms with Gasteiger partial charge in [0.05, 0.1) is 37.6 Å². The molecule has 2 saturated heterocycles. The predicted molar refractivity (Wildman–Crippen MR) is 184 cm³/mol. The lowest BCUT2D eigenvalue weighted by molar-refractivity contribution is -0.248. The molecule has 276 valence electrons. The Morgan fingerprint density at radius 3 is 2.51 bits per heavy atom. The first-order chi connectivity index (χ1) is 23.3. The molecule has 2 aliphatic heterocycles. The summed E-state index contributed by atoms with van der Waals surface area (Å²) in [5, 5.41) is 24.9. The number of aliphatic hydroxyl groups is 1. The van der Waals surface area contributed by atoms with Crippen LogP contribution >= 0.6 is 0 Å². The minimum Gasteiger partial charge on any atom is -0.481 e. The zero-order valence-electron chi connectivity index (χ0n) is 30.9. The van der Waals surface area contributed by atoms with E-state index in [1.54, 1.807) is 0 Å². The molecule has 0 radical (unpaired) electrons. The van der Waals surface area contributed by atoms with Crippen LogP contribution in [0.2, 0.25) is 0 Å². The van der Waals surface area contributed by atoms with Crippen LogP contribution in [-0.4, -0.2) is 90.5 Å². The minimum atomic E-state index is -0.752. The summed E-state index contributed by atoms with van der Waals surface area (Å²) in [4.78, 5) is 25.8. The smallest absolute Gasteiger partial charge is 0.303 e. The van der Waals surface area contributed by atoms with Crippen molar-refractivity contribution in [1.82, 2.24) is 10.2 Å². The fourth-order valence-electron chi connectivity index (χ4n) is 14.2. The van der Waals surface area contributed by atoms with Gasteiger partial charge in [-0.2, -0.15) is 0 Å². The van der Waals surface area contributed by atoms with E-state index in [0.29, 0.717) is 86.0 Å². The summed E-state index contributed by atoms with van der Waals surface area (Å²) in [6.45, 7) is 15.4. The molecule has 8 rings (SSSR count). The van der Waals surface area contributed by atoms with Crippen LogP contribution in [0.15, 0.2) is 0 Å². The first-order valence-corrected chi connectivity index (χ1v) is 20.1. The maximum Gasteiger partial charge on any atom is 0.303 e.